The number of thiophene rings is 1. The van der Waals surface area contributed by atoms with Gasteiger partial charge in [0, 0.05) is 14.8 Å². The molecule has 0 aliphatic heterocycles. The van der Waals surface area contributed by atoms with Gasteiger partial charge in [0.15, 0.2) is 0 Å². The summed E-state index contributed by atoms with van der Waals surface area (Å²) in [6.07, 6.45) is 0.868. The molecule has 0 bridgehead atoms. The van der Waals surface area contributed by atoms with Gasteiger partial charge in [-0.25, -0.2) is 0 Å². The minimum absolute atomic E-state index is 0.156. The van der Waals surface area contributed by atoms with Crippen LogP contribution < -0.4 is 11.3 Å². The van der Waals surface area contributed by atoms with Crippen molar-refractivity contribution in [2.45, 2.75) is 26.3 Å². The first-order valence-electron chi connectivity index (χ1n) is 5.87. The zero-order chi connectivity index (χ0) is 13.1. The first-order valence-corrected chi connectivity index (χ1v) is 7.07. The van der Waals surface area contributed by atoms with Crippen molar-refractivity contribution in [1.82, 2.24) is 5.43 Å². The molecule has 2 nitrogen and oxygen atoms in total. The van der Waals surface area contributed by atoms with Gasteiger partial charge in [0.1, 0.15) is 0 Å². The molecule has 4 heteroatoms. The van der Waals surface area contributed by atoms with Gasteiger partial charge in [-0.15, -0.1) is 11.3 Å². The molecule has 0 spiro atoms. The molecule has 0 saturated heterocycles. The number of nitrogens with two attached hydrogens (primary N) is 1. The fourth-order valence-electron chi connectivity index (χ4n) is 1.87. The highest BCUT2D eigenvalue weighted by atomic mass is 35.5. The molecule has 1 atom stereocenters. The lowest BCUT2D eigenvalue weighted by atomic mass is 10.0. The Morgan fingerprint density at radius 3 is 2.44 bits per heavy atom. The van der Waals surface area contributed by atoms with E-state index in [9.17, 15) is 0 Å². The molecule has 3 N–H and O–H groups in total. The van der Waals surface area contributed by atoms with Crippen LogP contribution in [-0.4, -0.2) is 0 Å². The van der Waals surface area contributed by atoms with Crippen molar-refractivity contribution < 1.29 is 0 Å². The Labute approximate surface area is 117 Å². The number of halogens is 1. The molecule has 0 aliphatic rings. The predicted molar refractivity (Wildman–Crippen MR) is 79.0 cm³/mol. The number of aryl methyl sites for hydroxylation is 2. The molecule has 0 saturated carbocycles. The van der Waals surface area contributed by atoms with E-state index in [1.165, 1.54) is 20.9 Å². The van der Waals surface area contributed by atoms with Crippen LogP contribution in [0.2, 0.25) is 5.02 Å². The van der Waals surface area contributed by atoms with E-state index < -0.39 is 0 Å². The van der Waals surface area contributed by atoms with Crippen LogP contribution in [0.3, 0.4) is 0 Å². The first kappa shape index (κ1) is 13.6. The first-order chi connectivity index (χ1) is 8.60. The Hall–Kier alpha value is -0.870. The molecule has 2 aromatic rings. The average molecular weight is 281 g/mol. The van der Waals surface area contributed by atoms with E-state index in [1.807, 2.05) is 24.3 Å². The number of rotatable bonds is 4. The van der Waals surface area contributed by atoms with Crippen molar-refractivity contribution in [3.63, 3.8) is 0 Å². The number of hydrogen-bond acceptors (Lipinski definition) is 3. The van der Waals surface area contributed by atoms with Crippen molar-refractivity contribution in [2.75, 3.05) is 0 Å². The summed E-state index contributed by atoms with van der Waals surface area (Å²) in [5.41, 5.74) is 5.45. The van der Waals surface area contributed by atoms with Crippen LogP contribution in [-0.2, 0) is 6.42 Å². The molecule has 0 radical (unpaired) electrons. The molecule has 1 unspecified atom stereocenters. The van der Waals surface area contributed by atoms with Gasteiger partial charge in [-0.3, -0.25) is 11.3 Å². The molecule has 2 rings (SSSR count). The highest BCUT2D eigenvalue weighted by Crippen LogP contribution is 2.28. The van der Waals surface area contributed by atoms with Crippen molar-refractivity contribution in [3.8, 4) is 0 Å². The van der Waals surface area contributed by atoms with Gasteiger partial charge in [0.05, 0.1) is 6.04 Å². The predicted octanol–water partition coefficient (Wildman–Crippen LogP) is 3.77. The summed E-state index contributed by atoms with van der Waals surface area (Å²) in [6, 6.07) is 10.3. The van der Waals surface area contributed by atoms with Gasteiger partial charge in [0.2, 0.25) is 0 Å². The smallest absolute Gasteiger partial charge is 0.0593 e. The lowest BCUT2D eigenvalue weighted by Crippen LogP contribution is -2.28. The van der Waals surface area contributed by atoms with E-state index in [-0.39, 0.29) is 6.04 Å². The second-order valence-electron chi connectivity index (χ2n) is 4.44. The SMILES string of the molecule is Cc1cc(C(Cc2ccc(Cl)cc2)NN)sc1C. The van der Waals surface area contributed by atoms with Crippen molar-refractivity contribution in [3.05, 3.63) is 56.2 Å². The maximum absolute atomic E-state index is 5.88. The van der Waals surface area contributed by atoms with E-state index in [0.717, 1.165) is 11.4 Å². The maximum atomic E-state index is 5.88. The van der Waals surface area contributed by atoms with Crippen molar-refractivity contribution in [1.29, 1.82) is 0 Å². The monoisotopic (exact) mass is 280 g/mol. The Kier molecular flexibility index (Phi) is 4.40. The second-order valence-corrected chi connectivity index (χ2v) is 6.16. The van der Waals surface area contributed by atoms with Gasteiger partial charge < -0.3 is 0 Å². The average Bonchev–Trinajstić information content (AvgIpc) is 2.69. The number of benzene rings is 1. The molecule has 0 amide bonds. The van der Waals surface area contributed by atoms with Crippen LogP contribution in [0.15, 0.2) is 30.3 Å². The van der Waals surface area contributed by atoms with E-state index in [1.54, 1.807) is 11.3 Å². The van der Waals surface area contributed by atoms with Gasteiger partial charge in [-0.05, 0) is 49.6 Å². The second kappa shape index (κ2) is 5.85. The standard InChI is InChI=1S/C14H17ClN2S/c1-9-7-14(18-10(9)2)13(17-16)8-11-3-5-12(15)6-4-11/h3-7,13,17H,8,16H2,1-2H3. The third kappa shape index (κ3) is 3.12. The highest BCUT2D eigenvalue weighted by molar-refractivity contribution is 7.12. The van der Waals surface area contributed by atoms with Crippen LogP contribution in [0.1, 0.15) is 26.9 Å². The highest BCUT2D eigenvalue weighted by Gasteiger charge is 2.14. The minimum atomic E-state index is 0.156. The van der Waals surface area contributed by atoms with Crippen LogP contribution >= 0.6 is 22.9 Å². The number of hydrazine groups is 1. The van der Waals surface area contributed by atoms with Gasteiger partial charge in [-0.1, -0.05) is 23.7 Å². The summed E-state index contributed by atoms with van der Waals surface area (Å²) in [5.74, 6) is 5.67. The zero-order valence-corrected chi connectivity index (χ0v) is 12.1. The third-order valence-electron chi connectivity index (χ3n) is 3.08. The lowest BCUT2D eigenvalue weighted by Gasteiger charge is -2.14. The minimum Gasteiger partial charge on any atom is -0.271 e. The summed E-state index contributed by atoms with van der Waals surface area (Å²) in [7, 11) is 0. The van der Waals surface area contributed by atoms with E-state index in [2.05, 4.69) is 25.3 Å². The van der Waals surface area contributed by atoms with Crippen LogP contribution in [0.5, 0.6) is 0 Å². The molecule has 0 aliphatic carbocycles. The van der Waals surface area contributed by atoms with Crippen molar-refractivity contribution >= 4 is 22.9 Å². The Bertz CT molecular complexity index is 500. The van der Waals surface area contributed by atoms with E-state index >= 15 is 0 Å². The number of hydrogen-bond donors (Lipinski definition) is 2. The van der Waals surface area contributed by atoms with Gasteiger partial charge in [-0.2, -0.15) is 0 Å². The Morgan fingerprint density at radius 1 is 1.28 bits per heavy atom. The fourth-order valence-corrected chi connectivity index (χ4v) is 3.10. The fraction of sp³-hybridized carbons (Fsp3) is 0.286. The molecular formula is C14H17ClN2S. The zero-order valence-electron chi connectivity index (χ0n) is 10.5. The molecule has 0 fully saturated rings. The quantitative estimate of drug-likeness (QED) is 0.661. The molecule has 1 aromatic carbocycles. The van der Waals surface area contributed by atoms with Gasteiger partial charge in [0.25, 0.3) is 0 Å². The van der Waals surface area contributed by atoms with Crippen LogP contribution in [0.4, 0.5) is 0 Å². The van der Waals surface area contributed by atoms with Crippen molar-refractivity contribution in [2.24, 2.45) is 5.84 Å². The maximum Gasteiger partial charge on any atom is 0.0593 e. The van der Waals surface area contributed by atoms with Crippen LogP contribution in [0.25, 0.3) is 0 Å². The topological polar surface area (TPSA) is 38.0 Å². The summed E-state index contributed by atoms with van der Waals surface area (Å²) in [5, 5.41) is 0.763. The summed E-state index contributed by atoms with van der Waals surface area (Å²) in [6.45, 7) is 4.27. The number of nitrogens with one attached hydrogen (secondary N) is 1. The Balaban J connectivity index is 2.16. The summed E-state index contributed by atoms with van der Waals surface area (Å²) >= 11 is 7.69. The third-order valence-corrected chi connectivity index (χ3v) is 4.60. The normalized spacial score (nSPS) is 12.7. The van der Waals surface area contributed by atoms with E-state index in [4.69, 9.17) is 17.4 Å². The van der Waals surface area contributed by atoms with Crippen LogP contribution in [0, 0.1) is 13.8 Å². The molecule has 96 valence electrons. The largest absolute Gasteiger partial charge is 0.271 e. The summed E-state index contributed by atoms with van der Waals surface area (Å²) in [4.78, 5) is 2.63. The molecular weight excluding hydrogens is 264 g/mol. The molecule has 1 heterocycles. The molecule has 1 aromatic heterocycles. The Morgan fingerprint density at radius 2 is 1.94 bits per heavy atom. The summed E-state index contributed by atoms with van der Waals surface area (Å²) < 4.78 is 0. The van der Waals surface area contributed by atoms with E-state index in [0.29, 0.717) is 0 Å². The van der Waals surface area contributed by atoms with Gasteiger partial charge >= 0.3 is 0 Å². The molecule has 18 heavy (non-hydrogen) atoms. The lowest BCUT2D eigenvalue weighted by molar-refractivity contribution is 0.560.